The number of rotatable bonds is 4. The third kappa shape index (κ3) is 3.82. The highest BCUT2D eigenvalue weighted by Gasteiger charge is 2.13. The Morgan fingerprint density at radius 3 is 2.94 bits per heavy atom. The van der Waals surface area contributed by atoms with Gasteiger partial charge in [-0.15, -0.1) is 0 Å². The molecule has 4 nitrogen and oxygen atoms in total. The lowest BCUT2D eigenvalue weighted by Crippen LogP contribution is -2.31. The molecule has 17 heavy (non-hydrogen) atoms. The quantitative estimate of drug-likeness (QED) is 0.821. The number of amides is 1. The van der Waals surface area contributed by atoms with Gasteiger partial charge in [0.05, 0.1) is 0 Å². The summed E-state index contributed by atoms with van der Waals surface area (Å²) >= 11 is 0. The predicted octanol–water partition coefficient (Wildman–Crippen LogP) is 1.20. The molecule has 0 atom stereocenters. The molecule has 92 valence electrons. The van der Waals surface area contributed by atoms with E-state index in [4.69, 9.17) is 0 Å². The van der Waals surface area contributed by atoms with Gasteiger partial charge in [-0.2, -0.15) is 0 Å². The Labute approximate surface area is 102 Å². The highest BCUT2D eigenvalue weighted by Crippen LogP contribution is 2.14. The second kappa shape index (κ2) is 6.35. The summed E-state index contributed by atoms with van der Waals surface area (Å²) in [5.41, 5.74) is 0.498. The summed E-state index contributed by atoms with van der Waals surface area (Å²) in [5, 5.41) is 6.27. The first-order valence-electron chi connectivity index (χ1n) is 6.26. The van der Waals surface area contributed by atoms with E-state index in [9.17, 15) is 4.79 Å². The van der Waals surface area contributed by atoms with Crippen LogP contribution in [0.2, 0.25) is 0 Å². The molecule has 1 amide bonds. The number of carbonyl (C=O) groups is 1. The summed E-state index contributed by atoms with van der Waals surface area (Å²) in [6, 6.07) is 5.38. The van der Waals surface area contributed by atoms with Gasteiger partial charge in [0.1, 0.15) is 5.69 Å². The number of nitrogens with zero attached hydrogens (tertiary/aromatic N) is 1. The van der Waals surface area contributed by atoms with Gasteiger partial charge < -0.3 is 10.6 Å². The van der Waals surface area contributed by atoms with E-state index in [-0.39, 0.29) is 5.91 Å². The van der Waals surface area contributed by atoms with E-state index in [1.54, 1.807) is 12.3 Å². The molecule has 4 heteroatoms. The Kier molecular flexibility index (Phi) is 4.50. The fourth-order valence-electron chi connectivity index (χ4n) is 2.15. The van der Waals surface area contributed by atoms with Crippen molar-refractivity contribution in [1.29, 1.82) is 0 Å². The number of carbonyl (C=O) groups excluding carboxylic acids is 1. The fraction of sp³-hybridized carbons (Fsp3) is 0.538. The number of pyridine rings is 1. The van der Waals surface area contributed by atoms with Crippen molar-refractivity contribution in [3.8, 4) is 0 Å². The molecular formula is C13H19N3O. The zero-order chi connectivity index (χ0) is 11.9. The van der Waals surface area contributed by atoms with Crippen LogP contribution in [-0.2, 0) is 0 Å². The molecule has 0 bridgehead atoms. The normalized spacial score (nSPS) is 16.7. The molecule has 1 saturated heterocycles. The summed E-state index contributed by atoms with van der Waals surface area (Å²) in [4.78, 5) is 15.7. The molecule has 0 spiro atoms. The Balaban J connectivity index is 1.69. The SMILES string of the molecule is O=C(NCCC1CCNCC1)c1ccccn1. The molecule has 1 fully saturated rings. The average Bonchev–Trinajstić information content (AvgIpc) is 2.41. The van der Waals surface area contributed by atoms with Crippen molar-refractivity contribution in [1.82, 2.24) is 15.6 Å². The molecule has 0 saturated carbocycles. The van der Waals surface area contributed by atoms with Gasteiger partial charge in [-0.1, -0.05) is 6.07 Å². The van der Waals surface area contributed by atoms with Gasteiger partial charge in [-0.3, -0.25) is 9.78 Å². The molecule has 1 aromatic heterocycles. The number of hydrogen-bond donors (Lipinski definition) is 2. The van der Waals surface area contributed by atoms with Crippen molar-refractivity contribution in [2.24, 2.45) is 5.92 Å². The van der Waals surface area contributed by atoms with Crippen molar-refractivity contribution in [3.63, 3.8) is 0 Å². The minimum atomic E-state index is -0.0699. The zero-order valence-electron chi connectivity index (χ0n) is 9.98. The van der Waals surface area contributed by atoms with E-state index < -0.39 is 0 Å². The van der Waals surface area contributed by atoms with E-state index >= 15 is 0 Å². The van der Waals surface area contributed by atoms with Gasteiger partial charge in [0.2, 0.25) is 0 Å². The number of nitrogens with one attached hydrogen (secondary N) is 2. The van der Waals surface area contributed by atoms with E-state index in [0.717, 1.165) is 32.0 Å². The van der Waals surface area contributed by atoms with Crippen LogP contribution in [-0.4, -0.2) is 30.5 Å². The molecule has 0 aromatic carbocycles. The average molecular weight is 233 g/mol. The molecule has 1 aliphatic heterocycles. The van der Waals surface area contributed by atoms with Crippen LogP contribution in [0.25, 0.3) is 0 Å². The Morgan fingerprint density at radius 2 is 2.24 bits per heavy atom. The van der Waals surface area contributed by atoms with Crippen molar-refractivity contribution < 1.29 is 4.79 Å². The second-order valence-corrected chi connectivity index (χ2v) is 4.45. The summed E-state index contributed by atoms with van der Waals surface area (Å²) in [6.45, 7) is 2.97. The fourth-order valence-corrected chi connectivity index (χ4v) is 2.15. The number of piperidine rings is 1. The monoisotopic (exact) mass is 233 g/mol. The zero-order valence-corrected chi connectivity index (χ0v) is 9.98. The van der Waals surface area contributed by atoms with Gasteiger partial charge in [0.15, 0.2) is 0 Å². The van der Waals surface area contributed by atoms with Crippen LogP contribution >= 0.6 is 0 Å². The molecule has 2 rings (SSSR count). The lowest BCUT2D eigenvalue weighted by molar-refractivity contribution is 0.0945. The van der Waals surface area contributed by atoms with Crippen molar-refractivity contribution >= 4 is 5.91 Å². The highest BCUT2D eigenvalue weighted by atomic mass is 16.1. The predicted molar refractivity (Wildman–Crippen MR) is 66.8 cm³/mol. The Morgan fingerprint density at radius 1 is 1.41 bits per heavy atom. The molecular weight excluding hydrogens is 214 g/mol. The minimum Gasteiger partial charge on any atom is -0.351 e. The maximum atomic E-state index is 11.7. The largest absolute Gasteiger partial charge is 0.351 e. The third-order valence-electron chi connectivity index (χ3n) is 3.19. The Bertz CT molecular complexity index is 347. The topological polar surface area (TPSA) is 54.0 Å². The molecule has 0 radical (unpaired) electrons. The van der Waals surface area contributed by atoms with E-state index in [2.05, 4.69) is 15.6 Å². The van der Waals surface area contributed by atoms with Gasteiger partial charge in [0, 0.05) is 12.7 Å². The summed E-state index contributed by atoms with van der Waals surface area (Å²) in [6.07, 6.45) is 5.15. The summed E-state index contributed by atoms with van der Waals surface area (Å²) < 4.78 is 0. The lowest BCUT2D eigenvalue weighted by atomic mass is 9.95. The van der Waals surface area contributed by atoms with Crippen LogP contribution < -0.4 is 10.6 Å². The maximum absolute atomic E-state index is 11.7. The van der Waals surface area contributed by atoms with Crippen LogP contribution in [0.3, 0.4) is 0 Å². The van der Waals surface area contributed by atoms with Crippen LogP contribution in [0.5, 0.6) is 0 Å². The molecule has 2 heterocycles. The maximum Gasteiger partial charge on any atom is 0.269 e. The van der Waals surface area contributed by atoms with Crippen LogP contribution in [0.4, 0.5) is 0 Å². The van der Waals surface area contributed by atoms with Crippen LogP contribution in [0.15, 0.2) is 24.4 Å². The first-order valence-corrected chi connectivity index (χ1v) is 6.26. The highest BCUT2D eigenvalue weighted by molar-refractivity contribution is 5.92. The lowest BCUT2D eigenvalue weighted by Gasteiger charge is -2.22. The molecule has 1 aliphatic rings. The number of aromatic nitrogens is 1. The standard InChI is InChI=1S/C13H19N3O/c17-13(12-3-1-2-7-15-12)16-10-6-11-4-8-14-9-5-11/h1-3,7,11,14H,4-6,8-10H2,(H,16,17). The first-order chi connectivity index (χ1) is 8.36. The van der Waals surface area contributed by atoms with Gasteiger partial charge in [-0.25, -0.2) is 0 Å². The van der Waals surface area contributed by atoms with Crippen molar-refractivity contribution in [2.75, 3.05) is 19.6 Å². The first kappa shape index (κ1) is 12.0. The molecule has 0 aliphatic carbocycles. The van der Waals surface area contributed by atoms with Crippen LogP contribution in [0, 0.1) is 5.92 Å². The van der Waals surface area contributed by atoms with Crippen molar-refractivity contribution in [2.45, 2.75) is 19.3 Å². The second-order valence-electron chi connectivity index (χ2n) is 4.45. The third-order valence-corrected chi connectivity index (χ3v) is 3.19. The van der Waals surface area contributed by atoms with E-state index in [1.807, 2.05) is 12.1 Å². The number of hydrogen-bond acceptors (Lipinski definition) is 3. The van der Waals surface area contributed by atoms with E-state index in [1.165, 1.54) is 12.8 Å². The van der Waals surface area contributed by atoms with Gasteiger partial charge in [0.25, 0.3) is 5.91 Å². The Hall–Kier alpha value is -1.42. The van der Waals surface area contributed by atoms with Gasteiger partial charge >= 0.3 is 0 Å². The summed E-state index contributed by atoms with van der Waals surface area (Å²) in [5.74, 6) is 0.680. The smallest absolute Gasteiger partial charge is 0.269 e. The molecule has 1 aromatic rings. The molecule has 0 unspecified atom stereocenters. The van der Waals surface area contributed by atoms with Crippen molar-refractivity contribution in [3.05, 3.63) is 30.1 Å². The minimum absolute atomic E-state index is 0.0699. The summed E-state index contributed by atoms with van der Waals surface area (Å²) in [7, 11) is 0. The van der Waals surface area contributed by atoms with E-state index in [0.29, 0.717) is 5.69 Å². The van der Waals surface area contributed by atoms with Crippen LogP contribution in [0.1, 0.15) is 29.8 Å². The molecule has 2 N–H and O–H groups in total. The van der Waals surface area contributed by atoms with Gasteiger partial charge in [-0.05, 0) is 50.4 Å².